The van der Waals surface area contributed by atoms with E-state index in [4.69, 9.17) is 5.11 Å². The number of nitrogens with zero attached hydrogens (tertiary/aromatic N) is 1. The molecule has 2 saturated heterocycles. The van der Waals surface area contributed by atoms with Gasteiger partial charge in [-0.1, -0.05) is 13.3 Å². The first-order valence-corrected chi connectivity index (χ1v) is 7.36. The Morgan fingerprint density at radius 1 is 1.26 bits per heavy atom. The van der Waals surface area contributed by atoms with Gasteiger partial charge in [0.15, 0.2) is 0 Å². The van der Waals surface area contributed by atoms with Crippen LogP contribution < -0.4 is 5.32 Å². The topological polar surface area (TPSA) is 69.6 Å². The van der Waals surface area contributed by atoms with Crippen LogP contribution in [0.25, 0.3) is 0 Å². The van der Waals surface area contributed by atoms with Crippen molar-refractivity contribution in [1.29, 1.82) is 0 Å². The number of hydrogen-bond donors (Lipinski definition) is 2. The molecule has 0 saturated carbocycles. The fourth-order valence-corrected chi connectivity index (χ4v) is 3.12. The fraction of sp³-hybridized carbons (Fsp3) is 0.857. The van der Waals surface area contributed by atoms with E-state index in [0.717, 1.165) is 25.8 Å². The van der Waals surface area contributed by atoms with Crippen LogP contribution in [0.1, 0.15) is 39.0 Å². The number of likely N-dealkylation sites (tertiary alicyclic amines) is 1. The molecule has 2 N–H and O–H groups in total. The van der Waals surface area contributed by atoms with Crippen LogP contribution in [0.5, 0.6) is 0 Å². The summed E-state index contributed by atoms with van der Waals surface area (Å²) in [5, 5.41) is 12.3. The van der Waals surface area contributed by atoms with E-state index in [1.165, 1.54) is 0 Å². The average Bonchev–Trinajstić information content (AvgIpc) is 2.46. The van der Waals surface area contributed by atoms with Crippen molar-refractivity contribution in [3.05, 3.63) is 0 Å². The molecular formula is C14H24N2O3. The Kier molecular flexibility index (Phi) is 4.80. The van der Waals surface area contributed by atoms with E-state index in [1.54, 1.807) is 0 Å². The molecule has 2 heterocycles. The van der Waals surface area contributed by atoms with E-state index in [9.17, 15) is 9.59 Å². The standard InChI is InChI=1S/C14H24N2O3/c1-2-10-3-6-15-12(9-10)13(17)16-7-4-11(5-8-16)14(18)19/h10-12,15H,2-9H2,1H3,(H,18,19). The molecule has 2 rings (SSSR count). The van der Waals surface area contributed by atoms with E-state index >= 15 is 0 Å². The summed E-state index contributed by atoms with van der Waals surface area (Å²) < 4.78 is 0. The summed E-state index contributed by atoms with van der Waals surface area (Å²) in [6.45, 7) is 4.27. The molecule has 2 aliphatic rings. The quantitative estimate of drug-likeness (QED) is 0.804. The number of carboxylic acid groups (broad SMARTS) is 1. The number of amides is 1. The van der Waals surface area contributed by atoms with E-state index in [0.29, 0.717) is 31.8 Å². The van der Waals surface area contributed by atoms with Crippen molar-refractivity contribution in [2.75, 3.05) is 19.6 Å². The van der Waals surface area contributed by atoms with Crippen molar-refractivity contribution < 1.29 is 14.7 Å². The summed E-state index contributed by atoms with van der Waals surface area (Å²) in [7, 11) is 0. The Hall–Kier alpha value is -1.10. The molecule has 5 heteroatoms. The van der Waals surface area contributed by atoms with Gasteiger partial charge in [-0.15, -0.1) is 0 Å². The Labute approximate surface area is 114 Å². The molecule has 2 fully saturated rings. The third-order valence-corrected chi connectivity index (χ3v) is 4.54. The molecule has 5 nitrogen and oxygen atoms in total. The SMILES string of the molecule is CCC1CCNC(C(=O)N2CCC(C(=O)O)CC2)C1. The number of piperidine rings is 2. The van der Waals surface area contributed by atoms with Crippen LogP contribution in [-0.2, 0) is 9.59 Å². The minimum Gasteiger partial charge on any atom is -0.481 e. The van der Waals surface area contributed by atoms with E-state index in [-0.39, 0.29) is 17.9 Å². The average molecular weight is 268 g/mol. The molecule has 0 aromatic heterocycles. The molecule has 0 aromatic carbocycles. The zero-order chi connectivity index (χ0) is 13.8. The van der Waals surface area contributed by atoms with E-state index in [1.807, 2.05) is 4.90 Å². The smallest absolute Gasteiger partial charge is 0.306 e. The van der Waals surface area contributed by atoms with Crippen LogP contribution in [0, 0.1) is 11.8 Å². The fourth-order valence-electron chi connectivity index (χ4n) is 3.12. The number of hydrogen-bond acceptors (Lipinski definition) is 3. The van der Waals surface area contributed by atoms with E-state index in [2.05, 4.69) is 12.2 Å². The number of aliphatic carboxylic acids is 1. The van der Waals surface area contributed by atoms with Gasteiger partial charge in [0.25, 0.3) is 0 Å². The summed E-state index contributed by atoms with van der Waals surface area (Å²) in [5.41, 5.74) is 0. The van der Waals surface area contributed by atoms with Gasteiger partial charge in [0.1, 0.15) is 0 Å². The van der Waals surface area contributed by atoms with Gasteiger partial charge in [0, 0.05) is 13.1 Å². The predicted molar refractivity (Wildman–Crippen MR) is 71.7 cm³/mol. The van der Waals surface area contributed by atoms with Gasteiger partial charge in [-0.2, -0.15) is 0 Å². The van der Waals surface area contributed by atoms with E-state index < -0.39 is 5.97 Å². The monoisotopic (exact) mass is 268 g/mol. The Morgan fingerprint density at radius 3 is 2.53 bits per heavy atom. The molecule has 2 unspecified atom stereocenters. The second kappa shape index (κ2) is 6.37. The second-order valence-electron chi connectivity index (χ2n) is 5.74. The Balaban J connectivity index is 1.85. The van der Waals surface area contributed by atoms with Gasteiger partial charge in [0.2, 0.25) is 5.91 Å². The highest BCUT2D eigenvalue weighted by Crippen LogP contribution is 2.23. The molecule has 0 aliphatic carbocycles. The van der Waals surface area contributed by atoms with Crippen molar-refractivity contribution >= 4 is 11.9 Å². The third-order valence-electron chi connectivity index (χ3n) is 4.54. The van der Waals surface area contributed by atoms with Gasteiger partial charge >= 0.3 is 5.97 Å². The van der Waals surface area contributed by atoms with Gasteiger partial charge < -0.3 is 15.3 Å². The predicted octanol–water partition coefficient (Wildman–Crippen LogP) is 1.09. The van der Waals surface area contributed by atoms with Gasteiger partial charge in [-0.25, -0.2) is 0 Å². The highest BCUT2D eigenvalue weighted by Gasteiger charge is 2.32. The third kappa shape index (κ3) is 3.47. The first-order chi connectivity index (χ1) is 9.11. The normalized spacial score (nSPS) is 29.2. The summed E-state index contributed by atoms with van der Waals surface area (Å²) in [6, 6.07) is -0.0555. The molecule has 0 bridgehead atoms. The summed E-state index contributed by atoms with van der Waals surface area (Å²) in [5.74, 6) is -0.186. The lowest BCUT2D eigenvalue weighted by molar-refractivity contribution is -0.146. The first kappa shape index (κ1) is 14.3. The highest BCUT2D eigenvalue weighted by molar-refractivity contribution is 5.82. The maximum Gasteiger partial charge on any atom is 0.306 e. The lowest BCUT2D eigenvalue weighted by atomic mass is 9.89. The molecule has 1 amide bonds. The summed E-state index contributed by atoms with van der Waals surface area (Å²) in [6.07, 6.45) is 4.39. The lowest BCUT2D eigenvalue weighted by Gasteiger charge is -2.36. The molecule has 2 atom stereocenters. The second-order valence-corrected chi connectivity index (χ2v) is 5.74. The number of carbonyl (C=O) groups excluding carboxylic acids is 1. The van der Waals surface area contributed by atoms with Gasteiger partial charge in [-0.3, -0.25) is 9.59 Å². The summed E-state index contributed by atoms with van der Waals surface area (Å²) >= 11 is 0. The molecule has 0 spiro atoms. The lowest BCUT2D eigenvalue weighted by Crippen LogP contribution is -2.52. The van der Waals surface area contributed by atoms with Crippen LogP contribution in [0.2, 0.25) is 0 Å². The largest absolute Gasteiger partial charge is 0.481 e. The van der Waals surface area contributed by atoms with Crippen LogP contribution in [0.3, 0.4) is 0 Å². The highest BCUT2D eigenvalue weighted by atomic mass is 16.4. The Bertz CT molecular complexity index is 338. The molecule has 2 aliphatic heterocycles. The van der Waals surface area contributed by atoms with Crippen LogP contribution in [0.4, 0.5) is 0 Å². The van der Waals surface area contributed by atoms with Crippen LogP contribution >= 0.6 is 0 Å². The minimum absolute atomic E-state index is 0.0555. The zero-order valence-corrected chi connectivity index (χ0v) is 11.6. The van der Waals surface area contributed by atoms with Crippen molar-refractivity contribution in [3.63, 3.8) is 0 Å². The van der Waals surface area contributed by atoms with Gasteiger partial charge in [0.05, 0.1) is 12.0 Å². The van der Waals surface area contributed by atoms with Crippen molar-refractivity contribution in [2.24, 2.45) is 11.8 Å². The van der Waals surface area contributed by atoms with Crippen molar-refractivity contribution in [2.45, 2.75) is 45.1 Å². The maximum absolute atomic E-state index is 12.4. The van der Waals surface area contributed by atoms with Crippen LogP contribution in [0.15, 0.2) is 0 Å². The number of carbonyl (C=O) groups is 2. The Morgan fingerprint density at radius 2 is 1.95 bits per heavy atom. The number of nitrogens with one attached hydrogen (secondary N) is 1. The molecular weight excluding hydrogens is 244 g/mol. The number of carboxylic acids is 1. The zero-order valence-electron chi connectivity index (χ0n) is 11.6. The first-order valence-electron chi connectivity index (χ1n) is 7.36. The minimum atomic E-state index is -0.728. The van der Waals surface area contributed by atoms with Gasteiger partial charge in [-0.05, 0) is 38.1 Å². The molecule has 19 heavy (non-hydrogen) atoms. The maximum atomic E-state index is 12.4. The number of rotatable bonds is 3. The molecule has 0 aromatic rings. The van der Waals surface area contributed by atoms with Crippen molar-refractivity contribution in [3.8, 4) is 0 Å². The summed E-state index contributed by atoms with van der Waals surface area (Å²) in [4.78, 5) is 25.1. The molecule has 108 valence electrons. The molecule has 0 radical (unpaired) electrons. The van der Waals surface area contributed by atoms with Crippen LogP contribution in [-0.4, -0.2) is 47.6 Å². The van der Waals surface area contributed by atoms with Crippen molar-refractivity contribution in [1.82, 2.24) is 10.2 Å².